The number of nitrogens with zero attached hydrogens (tertiary/aromatic N) is 5. The molecule has 0 spiro atoms. The molecular weight excluding hydrogens is 228 g/mol. The molecule has 6 nitrogen and oxygen atoms in total. The molecule has 0 aliphatic heterocycles. The second kappa shape index (κ2) is 4.44. The normalized spacial score (nSPS) is 17.2. The van der Waals surface area contributed by atoms with Crippen molar-refractivity contribution in [2.24, 2.45) is 7.05 Å². The third kappa shape index (κ3) is 1.77. The Hall–Kier alpha value is -1.85. The van der Waals surface area contributed by atoms with Crippen LogP contribution >= 0.6 is 0 Å². The van der Waals surface area contributed by atoms with Crippen molar-refractivity contribution >= 4 is 5.82 Å². The smallest absolute Gasteiger partial charge is 0.175 e. The SMILES string of the molecule is Cn1nccc1-c1c(N)nnn1C1CCCCC1. The van der Waals surface area contributed by atoms with E-state index in [1.807, 2.05) is 22.5 Å². The van der Waals surface area contributed by atoms with Gasteiger partial charge in [0.1, 0.15) is 5.69 Å². The van der Waals surface area contributed by atoms with Gasteiger partial charge in [0.25, 0.3) is 0 Å². The maximum Gasteiger partial charge on any atom is 0.175 e. The van der Waals surface area contributed by atoms with Crippen LogP contribution in [0.5, 0.6) is 0 Å². The van der Waals surface area contributed by atoms with Gasteiger partial charge >= 0.3 is 0 Å². The summed E-state index contributed by atoms with van der Waals surface area (Å²) in [4.78, 5) is 0. The number of aromatic nitrogens is 5. The van der Waals surface area contributed by atoms with Crippen LogP contribution < -0.4 is 5.73 Å². The number of rotatable bonds is 2. The van der Waals surface area contributed by atoms with Gasteiger partial charge in [-0.1, -0.05) is 24.5 Å². The summed E-state index contributed by atoms with van der Waals surface area (Å²) < 4.78 is 3.81. The van der Waals surface area contributed by atoms with Gasteiger partial charge in [-0.15, -0.1) is 5.10 Å². The quantitative estimate of drug-likeness (QED) is 0.876. The molecule has 3 rings (SSSR count). The monoisotopic (exact) mass is 246 g/mol. The first-order valence-electron chi connectivity index (χ1n) is 6.46. The van der Waals surface area contributed by atoms with Crippen molar-refractivity contribution < 1.29 is 0 Å². The first-order chi connectivity index (χ1) is 8.77. The summed E-state index contributed by atoms with van der Waals surface area (Å²) in [6.45, 7) is 0. The van der Waals surface area contributed by atoms with Crippen molar-refractivity contribution in [3.63, 3.8) is 0 Å². The van der Waals surface area contributed by atoms with E-state index in [4.69, 9.17) is 5.73 Å². The topological polar surface area (TPSA) is 74.6 Å². The highest BCUT2D eigenvalue weighted by Gasteiger charge is 2.23. The van der Waals surface area contributed by atoms with Crippen LogP contribution in [0.1, 0.15) is 38.1 Å². The summed E-state index contributed by atoms with van der Waals surface area (Å²) in [6.07, 6.45) is 7.93. The zero-order valence-corrected chi connectivity index (χ0v) is 10.6. The lowest BCUT2D eigenvalue weighted by Gasteiger charge is -2.23. The minimum Gasteiger partial charge on any atom is -0.380 e. The van der Waals surface area contributed by atoms with Crippen LogP contribution in [0.2, 0.25) is 0 Å². The predicted octanol–water partition coefficient (Wildman–Crippen LogP) is 1.77. The number of hydrogen-bond donors (Lipinski definition) is 1. The largest absolute Gasteiger partial charge is 0.380 e. The maximum atomic E-state index is 5.97. The van der Waals surface area contributed by atoms with Gasteiger partial charge < -0.3 is 5.73 Å². The number of nitrogens with two attached hydrogens (primary N) is 1. The predicted molar refractivity (Wildman–Crippen MR) is 68.8 cm³/mol. The van der Waals surface area contributed by atoms with Gasteiger partial charge in [0, 0.05) is 13.2 Å². The van der Waals surface area contributed by atoms with Crippen molar-refractivity contribution in [2.75, 3.05) is 5.73 Å². The maximum absolute atomic E-state index is 5.97. The Morgan fingerprint density at radius 3 is 2.72 bits per heavy atom. The van der Waals surface area contributed by atoms with E-state index in [1.54, 1.807) is 6.20 Å². The molecule has 6 heteroatoms. The molecule has 2 aromatic rings. The lowest BCUT2D eigenvalue weighted by Crippen LogP contribution is -2.16. The van der Waals surface area contributed by atoms with Crippen LogP contribution in [0.4, 0.5) is 5.82 Å². The van der Waals surface area contributed by atoms with E-state index in [-0.39, 0.29) is 0 Å². The molecule has 1 fully saturated rings. The van der Waals surface area contributed by atoms with Crippen molar-refractivity contribution in [1.82, 2.24) is 24.8 Å². The van der Waals surface area contributed by atoms with Gasteiger partial charge in [0.05, 0.1) is 11.7 Å². The summed E-state index contributed by atoms with van der Waals surface area (Å²) in [5, 5.41) is 12.5. The molecule has 1 aliphatic carbocycles. The van der Waals surface area contributed by atoms with Gasteiger partial charge in [-0.25, -0.2) is 4.68 Å². The Morgan fingerprint density at radius 2 is 2.06 bits per heavy atom. The van der Waals surface area contributed by atoms with Gasteiger partial charge in [-0.2, -0.15) is 5.10 Å². The first kappa shape index (κ1) is 11.3. The second-order valence-electron chi connectivity index (χ2n) is 4.90. The molecule has 18 heavy (non-hydrogen) atoms. The number of hydrogen-bond acceptors (Lipinski definition) is 4. The van der Waals surface area contributed by atoms with Crippen molar-refractivity contribution in [2.45, 2.75) is 38.1 Å². The summed E-state index contributed by atoms with van der Waals surface area (Å²) in [5.41, 5.74) is 7.85. The molecule has 0 unspecified atom stereocenters. The Labute approximate surface area is 106 Å². The molecule has 1 aliphatic rings. The summed E-state index contributed by atoms with van der Waals surface area (Å²) in [5.74, 6) is 0.490. The third-order valence-corrected chi connectivity index (χ3v) is 3.70. The molecule has 2 aromatic heterocycles. The van der Waals surface area contributed by atoms with E-state index in [2.05, 4.69) is 15.4 Å². The molecule has 0 bridgehead atoms. The van der Waals surface area contributed by atoms with Gasteiger partial charge in [-0.3, -0.25) is 4.68 Å². The molecule has 2 N–H and O–H groups in total. The van der Waals surface area contributed by atoms with Crippen LogP contribution in [0.25, 0.3) is 11.4 Å². The minimum absolute atomic E-state index is 0.424. The Morgan fingerprint density at radius 1 is 1.28 bits per heavy atom. The molecule has 96 valence electrons. The minimum atomic E-state index is 0.424. The molecule has 1 saturated carbocycles. The fourth-order valence-corrected chi connectivity index (χ4v) is 2.74. The number of anilines is 1. The summed E-state index contributed by atoms with van der Waals surface area (Å²) in [7, 11) is 1.91. The van der Waals surface area contributed by atoms with Crippen LogP contribution in [-0.4, -0.2) is 24.8 Å². The molecule has 0 aromatic carbocycles. The Bertz CT molecular complexity index is 535. The highest BCUT2D eigenvalue weighted by Crippen LogP contribution is 2.33. The Kier molecular flexibility index (Phi) is 2.77. The average molecular weight is 246 g/mol. The van der Waals surface area contributed by atoms with Gasteiger partial charge in [0.2, 0.25) is 0 Å². The summed E-state index contributed by atoms with van der Waals surface area (Å²) in [6, 6.07) is 2.38. The van der Waals surface area contributed by atoms with Crippen LogP contribution in [0.3, 0.4) is 0 Å². The van der Waals surface area contributed by atoms with Crippen LogP contribution in [0.15, 0.2) is 12.3 Å². The van der Waals surface area contributed by atoms with Crippen molar-refractivity contribution in [3.05, 3.63) is 12.3 Å². The zero-order valence-electron chi connectivity index (χ0n) is 10.6. The molecule has 0 amide bonds. The molecule has 0 radical (unpaired) electrons. The number of nitrogen functional groups attached to an aromatic ring is 1. The fraction of sp³-hybridized carbons (Fsp3) is 0.583. The van der Waals surface area contributed by atoms with E-state index >= 15 is 0 Å². The lowest BCUT2D eigenvalue weighted by atomic mass is 9.95. The molecule has 2 heterocycles. The average Bonchev–Trinajstić information content (AvgIpc) is 2.96. The lowest BCUT2D eigenvalue weighted by molar-refractivity contribution is 0.326. The van der Waals surface area contributed by atoms with Crippen LogP contribution in [-0.2, 0) is 7.05 Å². The molecule has 0 atom stereocenters. The van der Waals surface area contributed by atoms with Gasteiger partial charge in [-0.05, 0) is 18.9 Å². The van der Waals surface area contributed by atoms with E-state index < -0.39 is 0 Å². The highest BCUT2D eigenvalue weighted by molar-refractivity contribution is 5.66. The fourth-order valence-electron chi connectivity index (χ4n) is 2.74. The van der Waals surface area contributed by atoms with Crippen molar-refractivity contribution in [3.8, 4) is 11.4 Å². The van der Waals surface area contributed by atoms with E-state index in [0.717, 1.165) is 24.2 Å². The van der Waals surface area contributed by atoms with Crippen molar-refractivity contribution in [1.29, 1.82) is 0 Å². The Balaban J connectivity index is 2.03. The van der Waals surface area contributed by atoms with E-state index in [1.165, 1.54) is 19.3 Å². The third-order valence-electron chi connectivity index (χ3n) is 3.70. The molecule has 0 saturated heterocycles. The first-order valence-corrected chi connectivity index (χ1v) is 6.46. The molecular formula is C12H18N6. The van der Waals surface area contributed by atoms with E-state index in [0.29, 0.717) is 11.9 Å². The standard InChI is InChI=1S/C12H18N6/c1-17-10(7-8-14-17)11-12(13)15-16-18(11)9-5-3-2-4-6-9/h7-9H,2-6,13H2,1H3. The number of aryl methyl sites for hydroxylation is 1. The van der Waals surface area contributed by atoms with E-state index in [9.17, 15) is 0 Å². The summed E-state index contributed by atoms with van der Waals surface area (Å²) >= 11 is 0. The zero-order chi connectivity index (χ0) is 12.5. The highest BCUT2D eigenvalue weighted by atomic mass is 15.5. The van der Waals surface area contributed by atoms with Crippen LogP contribution in [0, 0.1) is 0 Å². The second-order valence-corrected chi connectivity index (χ2v) is 4.90. The van der Waals surface area contributed by atoms with Gasteiger partial charge in [0.15, 0.2) is 5.82 Å².